The fourth-order valence-corrected chi connectivity index (χ4v) is 4.14. The van der Waals surface area contributed by atoms with Crippen LogP contribution in [0.1, 0.15) is 32.1 Å². The second-order valence-electron chi connectivity index (χ2n) is 5.41. The Hall–Kier alpha value is -0.620. The first-order chi connectivity index (χ1) is 8.55. The number of hydrogen-bond acceptors (Lipinski definition) is 4. The van der Waals surface area contributed by atoms with Crippen LogP contribution >= 0.6 is 0 Å². The predicted molar refractivity (Wildman–Crippen MR) is 70.0 cm³/mol. The minimum atomic E-state index is -2.86. The van der Waals surface area contributed by atoms with E-state index >= 15 is 0 Å². The highest BCUT2D eigenvalue weighted by Crippen LogP contribution is 2.21. The summed E-state index contributed by atoms with van der Waals surface area (Å²) in [6.45, 7) is 1.63. The van der Waals surface area contributed by atoms with Crippen LogP contribution in [0.3, 0.4) is 0 Å². The van der Waals surface area contributed by atoms with Crippen LogP contribution in [0.2, 0.25) is 0 Å². The van der Waals surface area contributed by atoms with E-state index in [-0.39, 0.29) is 23.3 Å². The second-order valence-corrected chi connectivity index (χ2v) is 7.63. The molecule has 1 amide bonds. The minimum absolute atomic E-state index is 0.0106. The maximum Gasteiger partial charge on any atom is 0.220 e. The molecule has 6 heteroatoms. The van der Waals surface area contributed by atoms with Gasteiger partial charge < -0.3 is 10.6 Å². The SMILES string of the molecule is O=C(CC1CCS(=O)(=O)C1)NCCCNC1CC1. The van der Waals surface area contributed by atoms with E-state index in [9.17, 15) is 13.2 Å². The summed E-state index contributed by atoms with van der Waals surface area (Å²) in [4.78, 5) is 11.6. The molecule has 2 rings (SSSR count). The predicted octanol–water partition coefficient (Wildman–Crippen LogP) is 0.0695. The molecular formula is C12H22N2O3S. The number of nitrogens with one attached hydrogen (secondary N) is 2. The van der Waals surface area contributed by atoms with Crippen molar-refractivity contribution in [2.24, 2.45) is 5.92 Å². The van der Waals surface area contributed by atoms with Gasteiger partial charge in [-0.3, -0.25) is 4.79 Å². The smallest absolute Gasteiger partial charge is 0.220 e. The van der Waals surface area contributed by atoms with Gasteiger partial charge in [-0.2, -0.15) is 0 Å². The lowest BCUT2D eigenvalue weighted by Gasteiger charge is -2.08. The van der Waals surface area contributed by atoms with Gasteiger partial charge in [0.1, 0.15) is 0 Å². The van der Waals surface area contributed by atoms with Crippen molar-refractivity contribution in [1.82, 2.24) is 10.6 Å². The number of amides is 1. The molecule has 18 heavy (non-hydrogen) atoms. The third kappa shape index (κ3) is 4.94. The zero-order valence-electron chi connectivity index (χ0n) is 10.7. The molecule has 1 unspecified atom stereocenters. The number of carbonyl (C=O) groups excluding carboxylic acids is 1. The van der Waals surface area contributed by atoms with Crippen LogP contribution in [0, 0.1) is 5.92 Å². The highest BCUT2D eigenvalue weighted by molar-refractivity contribution is 7.91. The highest BCUT2D eigenvalue weighted by Gasteiger charge is 2.29. The van der Waals surface area contributed by atoms with Crippen molar-refractivity contribution in [2.45, 2.75) is 38.1 Å². The van der Waals surface area contributed by atoms with Gasteiger partial charge in [-0.1, -0.05) is 0 Å². The lowest BCUT2D eigenvalue weighted by atomic mass is 10.1. The molecule has 1 saturated heterocycles. The summed E-state index contributed by atoms with van der Waals surface area (Å²) in [5.41, 5.74) is 0. The summed E-state index contributed by atoms with van der Waals surface area (Å²) in [6.07, 6.45) is 4.49. The number of rotatable bonds is 7. The van der Waals surface area contributed by atoms with Crippen molar-refractivity contribution in [3.63, 3.8) is 0 Å². The molecule has 1 aliphatic heterocycles. The van der Waals surface area contributed by atoms with Gasteiger partial charge in [-0.05, 0) is 38.1 Å². The lowest BCUT2D eigenvalue weighted by molar-refractivity contribution is -0.121. The van der Waals surface area contributed by atoms with Crippen LogP contribution in [0.4, 0.5) is 0 Å². The topological polar surface area (TPSA) is 75.3 Å². The molecule has 0 bridgehead atoms. The minimum Gasteiger partial charge on any atom is -0.356 e. The highest BCUT2D eigenvalue weighted by atomic mass is 32.2. The van der Waals surface area contributed by atoms with Crippen LogP contribution in [-0.2, 0) is 14.6 Å². The van der Waals surface area contributed by atoms with Crippen molar-refractivity contribution in [2.75, 3.05) is 24.6 Å². The Morgan fingerprint density at radius 3 is 2.56 bits per heavy atom. The third-order valence-electron chi connectivity index (χ3n) is 3.49. The zero-order valence-corrected chi connectivity index (χ0v) is 11.5. The van der Waals surface area contributed by atoms with Gasteiger partial charge in [-0.25, -0.2) is 8.42 Å². The Kier molecular flexibility index (Phi) is 4.61. The Morgan fingerprint density at radius 1 is 1.17 bits per heavy atom. The summed E-state index contributed by atoms with van der Waals surface area (Å²) in [5, 5.41) is 6.24. The molecule has 0 aromatic rings. The van der Waals surface area contributed by atoms with E-state index in [1.807, 2.05) is 0 Å². The van der Waals surface area contributed by atoms with Gasteiger partial charge in [0.05, 0.1) is 11.5 Å². The molecule has 0 radical (unpaired) electrons. The standard InChI is InChI=1S/C12H22N2O3S/c15-12(8-10-4-7-18(16,17)9-10)14-6-1-5-13-11-2-3-11/h10-11,13H,1-9H2,(H,14,15). The Balaban J connectivity index is 1.52. The van der Waals surface area contributed by atoms with Crippen molar-refractivity contribution in [1.29, 1.82) is 0 Å². The number of carbonyl (C=O) groups is 1. The van der Waals surface area contributed by atoms with Gasteiger partial charge in [0.25, 0.3) is 0 Å². The average molecular weight is 274 g/mol. The van der Waals surface area contributed by atoms with Crippen molar-refractivity contribution in [3.8, 4) is 0 Å². The van der Waals surface area contributed by atoms with Crippen molar-refractivity contribution >= 4 is 15.7 Å². The molecular weight excluding hydrogens is 252 g/mol. The Bertz CT molecular complexity index is 390. The van der Waals surface area contributed by atoms with E-state index in [0.717, 1.165) is 13.0 Å². The normalized spacial score (nSPS) is 26.1. The first kappa shape index (κ1) is 13.8. The molecule has 104 valence electrons. The maximum absolute atomic E-state index is 11.6. The quantitative estimate of drug-likeness (QED) is 0.644. The molecule has 0 aromatic heterocycles. The van der Waals surface area contributed by atoms with Crippen molar-refractivity contribution in [3.05, 3.63) is 0 Å². The van der Waals surface area contributed by atoms with Gasteiger partial charge in [0.15, 0.2) is 9.84 Å². The van der Waals surface area contributed by atoms with E-state index in [2.05, 4.69) is 10.6 Å². The molecule has 1 atom stereocenters. The molecule has 1 heterocycles. The fourth-order valence-electron chi connectivity index (χ4n) is 2.28. The third-order valence-corrected chi connectivity index (χ3v) is 5.32. The van der Waals surface area contributed by atoms with Gasteiger partial charge in [0.2, 0.25) is 5.91 Å². The molecule has 1 saturated carbocycles. The van der Waals surface area contributed by atoms with Crippen molar-refractivity contribution < 1.29 is 13.2 Å². The Morgan fingerprint density at radius 2 is 1.94 bits per heavy atom. The van der Waals surface area contributed by atoms with Crippen LogP contribution in [0.5, 0.6) is 0 Å². The molecule has 2 aliphatic rings. The summed E-state index contributed by atoms with van der Waals surface area (Å²) in [6, 6.07) is 0.712. The van der Waals surface area contributed by atoms with Crippen LogP contribution in [0.15, 0.2) is 0 Å². The summed E-state index contributed by atoms with van der Waals surface area (Å²) >= 11 is 0. The molecule has 0 spiro atoms. The van der Waals surface area contributed by atoms with E-state index in [1.54, 1.807) is 0 Å². The monoisotopic (exact) mass is 274 g/mol. The van der Waals surface area contributed by atoms with Gasteiger partial charge in [0, 0.05) is 19.0 Å². The molecule has 2 fully saturated rings. The Labute approximate surface area is 109 Å². The van der Waals surface area contributed by atoms with Gasteiger partial charge in [-0.15, -0.1) is 0 Å². The maximum atomic E-state index is 11.6. The van der Waals surface area contributed by atoms with Crippen LogP contribution < -0.4 is 10.6 Å². The summed E-state index contributed by atoms with van der Waals surface area (Å²) in [5.74, 6) is 0.447. The van der Waals surface area contributed by atoms with Crippen LogP contribution in [0.25, 0.3) is 0 Å². The summed E-state index contributed by atoms with van der Waals surface area (Å²) < 4.78 is 22.5. The van der Waals surface area contributed by atoms with E-state index in [4.69, 9.17) is 0 Å². The second kappa shape index (κ2) is 6.02. The average Bonchev–Trinajstić information content (AvgIpc) is 3.04. The fraction of sp³-hybridized carbons (Fsp3) is 0.917. The first-order valence-corrected chi connectivity index (χ1v) is 8.58. The summed E-state index contributed by atoms with van der Waals surface area (Å²) in [7, 11) is -2.86. The number of sulfone groups is 1. The molecule has 2 N–H and O–H groups in total. The van der Waals surface area contributed by atoms with E-state index in [0.29, 0.717) is 25.4 Å². The number of hydrogen-bond donors (Lipinski definition) is 2. The zero-order chi connectivity index (χ0) is 13.0. The van der Waals surface area contributed by atoms with E-state index < -0.39 is 9.84 Å². The molecule has 1 aliphatic carbocycles. The first-order valence-electron chi connectivity index (χ1n) is 6.76. The van der Waals surface area contributed by atoms with Crippen LogP contribution in [-0.4, -0.2) is 45.0 Å². The molecule has 5 nitrogen and oxygen atoms in total. The molecule has 0 aromatic carbocycles. The van der Waals surface area contributed by atoms with Gasteiger partial charge >= 0.3 is 0 Å². The largest absolute Gasteiger partial charge is 0.356 e. The lowest BCUT2D eigenvalue weighted by Crippen LogP contribution is -2.29. The van der Waals surface area contributed by atoms with E-state index in [1.165, 1.54) is 12.8 Å².